The highest BCUT2D eigenvalue weighted by Crippen LogP contribution is 2.41. The molecule has 0 saturated carbocycles. The minimum atomic E-state index is -5.37. The molecule has 0 aromatic rings. The standard InChI is InChI=1S/C33H54N2O32S3/c1-9-16(38)24(26(29(44)45)62-30(9)58-22-14(34-10(2)36)27(33(4,5)6)56-13(8-55-70(51,52)53)21(22)64-68-67-66-47)60-31-15(35-11(3)37)23(20(63-65-46)12(57-31)7-54-69(48,49)50)59-32-19(41)17(39)18(40)25(61-32)28(42)43/h9,12-27,30-32,38-41,46-47H,7-8H2,1-6H3,(H,34,36)(H,35,37)(H,42,43)(H,44,45)(H,48,49,50)(H,51,52,53). The lowest BCUT2D eigenvalue weighted by atomic mass is 9.78. The number of aliphatic hydroxyl groups is 4. The zero-order valence-electron chi connectivity index (χ0n) is 37.1. The maximum Gasteiger partial charge on any atom is 0.397 e. The first-order chi connectivity index (χ1) is 32.4. The van der Waals surface area contributed by atoms with E-state index in [4.69, 9.17) is 47.5 Å². The van der Waals surface area contributed by atoms with Crippen molar-refractivity contribution < 1.29 is 151 Å². The number of carboxylic acids is 2. The van der Waals surface area contributed by atoms with E-state index < -0.39 is 186 Å². The minimum absolute atomic E-state index is 0.0852. The van der Waals surface area contributed by atoms with E-state index in [0.29, 0.717) is 0 Å². The Morgan fingerprint density at radius 3 is 1.61 bits per heavy atom. The van der Waals surface area contributed by atoms with Gasteiger partial charge < -0.3 is 74.4 Å². The van der Waals surface area contributed by atoms with Gasteiger partial charge in [-0.2, -0.15) is 21.7 Å². The van der Waals surface area contributed by atoms with Crippen LogP contribution in [0.4, 0.5) is 0 Å². The SMILES string of the molecule is CC(=O)NC1C(OC2C(C(=O)O)OC(OC3C(NC(C)=O)C(C(C)(C)C)OC(COS(=O)(=O)O)C3OSOOO)C(C)C2O)OC(COS(=O)(=O)O)C(OOO)C1OC1OC(C(=O)O)C(O)C(O)C1O. The fourth-order valence-electron chi connectivity index (χ4n) is 7.86. The van der Waals surface area contributed by atoms with Gasteiger partial charge >= 0.3 is 32.7 Å². The molecule has 0 aliphatic carbocycles. The fourth-order valence-corrected chi connectivity index (χ4v) is 8.85. The maximum absolute atomic E-state index is 13.1. The van der Waals surface area contributed by atoms with Gasteiger partial charge in [-0.3, -0.25) is 22.9 Å². The molecule has 0 aromatic carbocycles. The first kappa shape index (κ1) is 59.8. The van der Waals surface area contributed by atoms with Crippen LogP contribution in [0.3, 0.4) is 0 Å². The van der Waals surface area contributed by atoms with Gasteiger partial charge in [-0.1, -0.05) is 37.8 Å². The van der Waals surface area contributed by atoms with Gasteiger partial charge in [-0.05, 0) is 5.41 Å². The van der Waals surface area contributed by atoms with Gasteiger partial charge in [0.1, 0.15) is 61.0 Å². The van der Waals surface area contributed by atoms with Gasteiger partial charge in [-0.25, -0.2) is 28.5 Å². The van der Waals surface area contributed by atoms with Gasteiger partial charge in [0.05, 0.1) is 31.5 Å². The van der Waals surface area contributed by atoms with Crippen molar-refractivity contribution in [2.75, 3.05) is 13.2 Å². The molecule has 4 rings (SSSR count). The van der Waals surface area contributed by atoms with E-state index in [2.05, 4.69) is 33.4 Å². The quantitative estimate of drug-likeness (QED) is 0.0159. The van der Waals surface area contributed by atoms with E-state index in [0.717, 1.165) is 13.8 Å². The number of rotatable bonds is 22. The van der Waals surface area contributed by atoms with Crippen LogP contribution in [-0.2, 0) is 105 Å². The summed E-state index contributed by atoms with van der Waals surface area (Å²) < 4.78 is 125. The second-order valence-corrected chi connectivity index (χ2v) is 19.6. The number of carbonyl (C=O) groups excluding carboxylic acids is 2. The molecule has 2 amide bonds. The predicted octanol–water partition coefficient (Wildman–Crippen LogP) is -4.81. The zero-order chi connectivity index (χ0) is 52.8. The van der Waals surface area contributed by atoms with Crippen molar-refractivity contribution in [1.29, 1.82) is 0 Å². The number of carboxylic acid groups (broad SMARTS) is 2. The molecule has 34 nitrogen and oxygen atoms in total. The van der Waals surface area contributed by atoms with Gasteiger partial charge in [0.15, 0.2) is 49.5 Å². The Morgan fingerprint density at radius 2 is 1.11 bits per heavy atom. The summed E-state index contributed by atoms with van der Waals surface area (Å²) in [6.07, 6.45) is -34.9. The summed E-state index contributed by atoms with van der Waals surface area (Å²) in [6, 6.07) is -3.36. The van der Waals surface area contributed by atoms with Gasteiger partial charge in [0.2, 0.25) is 11.8 Å². The monoisotopic (exact) mass is 1090 g/mol. The molecule has 0 radical (unpaired) electrons. The number of ether oxygens (including phenoxy) is 7. The Morgan fingerprint density at radius 1 is 0.614 bits per heavy atom. The summed E-state index contributed by atoms with van der Waals surface area (Å²) in [6.45, 7) is 5.73. The van der Waals surface area contributed by atoms with Crippen LogP contribution in [0.5, 0.6) is 0 Å². The molecule has 0 bridgehead atoms. The van der Waals surface area contributed by atoms with Crippen LogP contribution in [0.25, 0.3) is 0 Å². The summed E-state index contributed by atoms with van der Waals surface area (Å²) in [5.74, 6) is -6.99. The molecular weight excluding hydrogens is 1030 g/mol. The summed E-state index contributed by atoms with van der Waals surface area (Å²) in [5.41, 5.74) is -0.987. The van der Waals surface area contributed by atoms with Gasteiger partial charge in [0.25, 0.3) is 0 Å². The second-order valence-electron chi connectivity index (χ2n) is 16.9. The third kappa shape index (κ3) is 15.6. The number of nitrogens with one attached hydrogen (secondary N) is 2. The first-order valence-corrected chi connectivity index (χ1v) is 23.6. The Kier molecular flexibility index (Phi) is 21.3. The summed E-state index contributed by atoms with van der Waals surface area (Å²) in [5, 5.41) is 93.9. The van der Waals surface area contributed by atoms with E-state index in [9.17, 15) is 81.0 Å². The Hall–Kier alpha value is -2.75. The van der Waals surface area contributed by atoms with Crippen molar-refractivity contribution in [3.8, 4) is 0 Å². The van der Waals surface area contributed by atoms with Crippen LogP contribution in [0.15, 0.2) is 0 Å². The molecule has 4 aliphatic rings. The summed E-state index contributed by atoms with van der Waals surface area (Å²) >= 11 is -0.0852. The van der Waals surface area contributed by atoms with Crippen molar-refractivity contribution in [3.05, 3.63) is 0 Å². The lowest BCUT2D eigenvalue weighted by Gasteiger charge is -2.52. The molecule has 4 heterocycles. The molecule has 4 aliphatic heterocycles. The van der Waals surface area contributed by atoms with Crippen LogP contribution in [0, 0.1) is 11.3 Å². The van der Waals surface area contributed by atoms with Crippen molar-refractivity contribution in [2.45, 2.75) is 158 Å². The molecule has 406 valence electrons. The van der Waals surface area contributed by atoms with Crippen LogP contribution in [0.1, 0.15) is 41.5 Å². The van der Waals surface area contributed by atoms with Crippen molar-refractivity contribution in [2.24, 2.45) is 11.3 Å². The van der Waals surface area contributed by atoms with E-state index in [1.807, 2.05) is 0 Å². The van der Waals surface area contributed by atoms with Crippen molar-refractivity contribution >= 4 is 56.9 Å². The van der Waals surface area contributed by atoms with Crippen LogP contribution in [0.2, 0.25) is 0 Å². The highest BCUT2D eigenvalue weighted by atomic mass is 32.3. The molecule has 37 heteroatoms. The number of aliphatic carboxylic acids is 2. The molecule has 20 atom stereocenters. The van der Waals surface area contributed by atoms with E-state index in [1.54, 1.807) is 20.8 Å². The van der Waals surface area contributed by atoms with Crippen LogP contribution in [-0.4, -0.2) is 220 Å². The molecule has 4 fully saturated rings. The molecule has 0 spiro atoms. The minimum Gasteiger partial charge on any atom is -0.479 e. The number of amides is 2. The van der Waals surface area contributed by atoms with Crippen LogP contribution < -0.4 is 10.6 Å². The maximum atomic E-state index is 13.1. The average Bonchev–Trinajstić information content (AvgIpc) is 3.23. The number of hydrogen-bond acceptors (Lipinski definition) is 29. The highest BCUT2D eigenvalue weighted by Gasteiger charge is 2.59. The first-order valence-electron chi connectivity index (χ1n) is 20.2. The Bertz CT molecular complexity index is 2000. The largest absolute Gasteiger partial charge is 0.479 e. The molecule has 4 saturated heterocycles. The lowest BCUT2D eigenvalue weighted by molar-refractivity contribution is -0.527. The predicted molar refractivity (Wildman–Crippen MR) is 213 cm³/mol. The Balaban J connectivity index is 1.79. The number of carbonyl (C=O) groups is 4. The number of hydrogen-bond donors (Lipinski definition) is 12. The van der Waals surface area contributed by atoms with Crippen LogP contribution >= 0.6 is 12.3 Å². The fraction of sp³-hybridized carbons (Fsp3) is 0.879. The molecule has 12 N–H and O–H groups in total. The third-order valence-corrected chi connectivity index (χ3v) is 12.2. The van der Waals surface area contributed by atoms with Crippen molar-refractivity contribution in [3.63, 3.8) is 0 Å². The topological polar surface area (TPSA) is 492 Å². The van der Waals surface area contributed by atoms with E-state index in [-0.39, 0.29) is 12.3 Å². The van der Waals surface area contributed by atoms with E-state index in [1.165, 1.54) is 6.92 Å². The van der Waals surface area contributed by atoms with E-state index >= 15 is 0 Å². The van der Waals surface area contributed by atoms with Gasteiger partial charge in [-0.15, -0.1) is 4.33 Å². The smallest absolute Gasteiger partial charge is 0.397 e. The normalized spacial score (nSPS) is 38.7. The zero-order valence-corrected chi connectivity index (χ0v) is 39.6. The molecule has 70 heavy (non-hydrogen) atoms. The molecule has 20 unspecified atom stereocenters. The Labute approximate surface area is 400 Å². The molecule has 0 aromatic heterocycles. The lowest BCUT2D eigenvalue weighted by Crippen LogP contribution is -2.70. The van der Waals surface area contributed by atoms with Gasteiger partial charge in [0, 0.05) is 19.8 Å². The molecular formula is C33H54N2O32S3. The second kappa shape index (κ2) is 25.0. The summed E-state index contributed by atoms with van der Waals surface area (Å²) in [4.78, 5) is 55.2. The number of aliphatic hydroxyl groups excluding tert-OH is 4. The third-order valence-electron chi connectivity index (χ3n) is 10.9. The van der Waals surface area contributed by atoms with Crippen molar-refractivity contribution in [1.82, 2.24) is 10.6 Å². The average molecular weight is 1090 g/mol. The highest BCUT2D eigenvalue weighted by molar-refractivity contribution is 7.89. The summed E-state index contributed by atoms with van der Waals surface area (Å²) in [7, 11) is -10.5.